The molecule has 3 aliphatic rings. The average Bonchev–Trinajstić information content (AvgIpc) is 3.08. The Balaban J connectivity index is 2.26. The Kier molecular flexibility index (Phi) is 4.87. The summed E-state index contributed by atoms with van der Waals surface area (Å²) >= 11 is 0. The summed E-state index contributed by atoms with van der Waals surface area (Å²) in [5.74, 6) is -1.41. The van der Waals surface area contributed by atoms with Gasteiger partial charge >= 0.3 is 11.9 Å². The second-order valence-electron chi connectivity index (χ2n) is 7.54. The Morgan fingerprint density at radius 3 is 2.38 bits per heavy atom. The van der Waals surface area contributed by atoms with Gasteiger partial charge in [0, 0.05) is 19.6 Å². The van der Waals surface area contributed by atoms with Crippen LogP contribution in [0.5, 0.6) is 0 Å². The van der Waals surface area contributed by atoms with Crippen molar-refractivity contribution in [1.29, 1.82) is 0 Å². The van der Waals surface area contributed by atoms with E-state index in [4.69, 9.17) is 18.9 Å². The van der Waals surface area contributed by atoms with Crippen molar-refractivity contribution in [2.45, 2.75) is 50.5 Å². The highest BCUT2D eigenvalue weighted by atomic mass is 16.7. The highest BCUT2D eigenvalue weighted by Crippen LogP contribution is 2.66. The highest BCUT2D eigenvalue weighted by molar-refractivity contribution is 6.39. The first kappa shape index (κ1) is 19.3. The highest BCUT2D eigenvalue weighted by Gasteiger charge is 2.72. The summed E-state index contributed by atoms with van der Waals surface area (Å²) in [4.78, 5) is 29.5. The molecule has 26 heavy (non-hydrogen) atoms. The monoisotopic (exact) mass is 369 g/mol. The zero-order valence-corrected chi connectivity index (χ0v) is 15.7. The zero-order chi connectivity index (χ0) is 19.2. The van der Waals surface area contributed by atoms with Crippen LogP contribution in [0.1, 0.15) is 38.5 Å². The van der Waals surface area contributed by atoms with Crippen LogP contribution in [-0.2, 0) is 28.5 Å². The number of carbonyl (C=O) groups excluding carboxylic acids is 2. The van der Waals surface area contributed by atoms with Gasteiger partial charge in [-0.1, -0.05) is 6.42 Å². The number of fused-ring (bicyclic) bond motifs is 1. The number of rotatable bonds is 5. The molecular formula is C18H27NO7. The van der Waals surface area contributed by atoms with Gasteiger partial charge in [0.25, 0.3) is 5.72 Å². The first-order chi connectivity index (χ1) is 12.3. The molecule has 0 aromatic carbocycles. The Bertz CT molecular complexity index is 631. The quantitative estimate of drug-likeness (QED) is 0.571. The maximum Gasteiger partial charge on any atom is 0.361 e. The van der Waals surface area contributed by atoms with E-state index in [0.29, 0.717) is 19.3 Å². The molecule has 0 saturated heterocycles. The molecule has 3 rings (SSSR count). The van der Waals surface area contributed by atoms with Gasteiger partial charge in [0.05, 0.1) is 19.6 Å². The molecule has 2 aliphatic carbocycles. The summed E-state index contributed by atoms with van der Waals surface area (Å²) in [7, 11) is 5.47. The zero-order valence-electron chi connectivity index (χ0n) is 15.7. The molecule has 1 N–H and O–H groups in total. The van der Waals surface area contributed by atoms with E-state index in [2.05, 4.69) is 4.99 Å². The molecule has 146 valence electrons. The third-order valence-corrected chi connectivity index (χ3v) is 6.69. The lowest BCUT2D eigenvalue weighted by Gasteiger charge is -2.58. The van der Waals surface area contributed by atoms with Crippen molar-refractivity contribution in [1.82, 2.24) is 0 Å². The number of hydrogen-bond acceptors (Lipinski definition) is 8. The summed E-state index contributed by atoms with van der Waals surface area (Å²) in [5, 5.41) is 11.4. The average molecular weight is 369 g/mol. The van der Waals surface area contributed by atoms with E-state index in [1.165, 1.54) is 28.4 Å². The van der Waals surface area contributed by atoms with E-state index in [1.54, 1.807) is 0 Å². The molecule has 2 bridgehead atoms. The van der Waals surface area contributed by atoms with E-state index in [0.717, 1.165) is 19.3 Å². The van der Waals surface area contributed by atoms with Crippen LogP contribution in [0.25, 0.3) is 0 Å². The van der Waals surface area contributed by atoms with Crippen molar-refractivity contribution in [3.8, 4) is 0 Å². The summed E-state index contributed by atoms with van der Waals surface area (Å²) in [5.41, 5.74) is -3.80. The fraction of sp³-hybridized carbons (Fsp3) is 0.833. The van der Waals surface area contributed by atoms with Crippen molar-refractivity contribution in [2.75, 3.05) is 28.4 Å². The molecule has 2 fully saturated rings. The second kappa shape index (κ2) is 6.58. The summed E-state index contributed by atoms with van der Waals surface area (Å²) in [6, 6.07) is 0. The van der Waals surface area contributed by atoms with Crippen LogP contribution < -0.4 is 0 Å². The van der Waals surface area contributed by atoms with E-state index >= 15 is 0 Å². The van der Waals surface area contributed by atoms with Crippen LogP contribution in [0.3, 0.4) is 0 Å². The summed E-state index contributed by atoms with van der Waals surface area (Å²) < 4.78 is 20.9. The largest absolute Gasteiger partial charge is 0.465 e. The van der Waals surface area contributed by atoms with Crippen LogP contribution in [0.4, 0.5) is 0 Å². The molecular weight excluding hydrogens is 342 g/mol. The van der Waals surface area contributed by atoms with Gasteiger partial charge in [0.15, 0.2) is 6.29 Å². The van der Waals surface area contributed by atoms with Crippen LogP contribution in [0, 0.1) is 16.7 Å². The number of methoxy groups -OCH3 is 4. The predicted molar refractivity (Wildman–Crippen MR) is 90.3 cm³/mol. The molecule has 1 aliphatic heterocycles. The molecule has 0 radical (unpaired) electrons. The molecule has 1 spiro atoms. The lowest BCUT2D eigenvalue weighted by atomic mass is 9.50. The molecule has 0 amide bonds. The number of aliphatic hydroxyl groups is 1. The fourth-order valence-electron chi connectivity index (χ4n) is 5.65. The summed E-state index contributed by atoms with van der Waals surface area (Å²) in [6.45, 7) is 0. The van der Waals surface area contributed by atoms with Crippen LogP contribution >= 0.6 is 0 Å². The van der Waals surface area contributed by atoms with Crippen molar-refractivity contribution in [3.05, 3.63) is 0 Å². The standard InChI is InChI=1S/C18H27NO7/c1-23-13(20)12-16(15(25-3)26-4)9-7-11-6-5-8-17(11,10-16)18(22,19-12)14(21)24-2/h11,15,22H,5-10H2,1-4H3/t11-,16-,17+,18-/m1/s1. The minimum Gasteiger partial charge on any atom is -0.465 e. The number of aliphatic imine (C=N–C) groups is 1. The first-order valence-corrected chi connectivity index (χ1v) is 8.90. The first-order valence-electron chi connectivity index (χ1n) is 8.90. The van der Waals surface area contributed by atoms with Gasteiger partial charge in [-0.15, -0.1) is 0 Å². The topological polar surface area (TPSA) is 104 Å². The van der Waals surface area contributed by atoms with Gasteiger partial charge in [0.1, 0.15) is 5.71 Å². The Hall–Kier alpha value is -1.51. The van der Waals surface area contributed by atoms with Gasteiger partial charge in [-0.25, -0.2) is 14.6 Å². The Morgan fingerprint density at radius 2 is 1.81 bits per heavy atom. The molecule has 8 heteroatoms. The van der Waals surface area contributed by atoms with Crippen molar-refractivity contribution < 1.29 is 33.6 Å². The van der Waals surface area contributed by atoms with Crippen LogP contribution in [0.15, 0.2) is 4.99 Å². The Morgan fingerprint density at radius 1 is 1.12 bits per heavy atom. The molecule has 0 aromatic rings. The lowest BCUT2D eigenvalue weighted by molar-refractivity contribution is -0.225. The predicted octanol–water partition coefficient (Wildman–Crippen LogP) is 1.05. The second-order valence-corrected chi connectivity index (χ2v) is 7.54. The third kappa shape index (κ3) is 2.28. The third-order valence-electron chi connectivity index (χ3n) is 6.69. The smallest absolute Gasteiger partial charge is 0.361 e. The van der Waals surface area contributed by atoms with Crippen molar-refractivity contribution in [2.24, 2.45) is 21.7 Å². The van der Waals surface area contributed by atoms with E-state index in [-0.39, 0.29) is 11.6 Å². The number of carbonyl (C=O) groups is 2. The van der Waals surface area contributed by atoms with E-state index < -0.39 is 34.8 Å². The van der Waals surface area contributed by atoms with Gasteiger partial charge < -0.3 is 24.1 Å². The maximum atomic E-state index is 12.6. The minimum absolute atomic E-state index is 0.0161. The molecule has 4 atom stereocenters. The maximum absolute atomic E-state index is 12.6. The molecule has 1 heterocycles. The molecule has 8 nitrogen and oxygen atoms in total. The van der Waals surface area contributed by atoms with Gasteiger partial charge in [-0.3, -0.25) is 0 Å². The Labute approximate surface area is 152 Å². The molecule has 0 aromatic heterocycles. The summed E-state index contributed by atoms with van der Waals surface area (Å²) in [6.07, 6.45) is 3.38. The van der Waals surface area contributed by atoms with Gasteiger partial charge in [-0.2, -0.15) is 0 Å². The van der Waals surface area contributed by atoms with E-state index in [9.17, 15) is 14.7 Å². The number of esters is 2. The lowest BCUT2D eigenvalue weighted by Crippen LogP contribution is -2.67. The van der Waals surface area contributed by atoms with Crippen LogP contribution in [-0.4, -0.2) is 63.2 Å². The van der Waals surface area contributed by atoms with Gasteiger partial charge in [-0.05, 0) is 38.0 Å². The number of nitrogens with zero attached hydrogens (tertiary/aromatic N) is 1. The SMILES string of the molecule is COC(=O)C1=N[C@@](O)(C(=O)OC)[C@]23CCC[C@@H]2CC[C@@]1(C(OC)OC)C3. The van der Waals surface area contributed by atoms with Crippen molar-refractivity contribution >= 4 is 17.7 Å². The number of hydrogen-bond donors (Lipinski definition) is 1. The molecule has 0 unspecified atom stereocenters. The molecule has 2 saturated carbocycles. The van der Waals surface area contributed by atoms with Gasteiger partial charge in [0.2, 0.25) is 0 Å². The normalized spacial score (nSPS) is 38.5. The number of ether oxygens (including phenoxy) is 4. The fourth-order valence-corrected chi connectivity index (χ4v) is 5.65. The van der Waals surface area contributed by atoms with E-state index in [1.807, 2.05) is 0 Å². The van der Waals surface area contributed by atoms with Crippen LogP contribution in [0.2, 0.25) is 0 Å². The van der Waals surface area contributed by atoms with Crippen molar-refractivity contribution in [3.63, 3.8) is 0 Å². The minimum atomic E-state index is -2.11.